The molecule has 3 rings (SSSR count). The number of amides is 2. The highest BCUT2D eigenvalue weighted by Crippen LogP contribution is 2.37. The standard InChI is InChI=1S/C26H26N2O4S/c1-3-9-23(29)27-19-14-16-20(17-15-19)33-24(18-10-5-4-6-11-18)25(30)28-22-13-8-7-12-21(22)26(31)32-2/h4-8,10-17,24H,3,9H2,1-2H3,(H,27,29)(H,28,30). The molecule has 0 heterocycles. The summed E-state index contributed by atoms with van der Waals surface area (Å²) < 4.78 is 4.83. The molecule has 0 saturated heterocycles. The van der Waals surface area contributed by atoms with E-state index in [4.69, 9.17) is 4.74 Å². The smallest absolute Gasteiger partial charge is 0.339 e. The summed E-state index contributed by atoms with van der Waals surface area (Å²) in [7, 11) is 1.30. The van der Waals surface area contributed by atoms with Gasteiger partial charge < -0.3 is 15.4 Å². The van der Waals surface area contributed by atoms with E-state index >= 15 is 0 Å². The predicted molar refractivity (Wildman–Crippen MR) is 131 cm³/mol. The summed E-state index contributed by atoms with van der Waals surface area (Å²) in [5, 5.41) is 5.18. The third-order valence-corrected chi connectivity index (χ3v) is 6.07. The third kappa shape index (κ3) is 6.70. The first-order valence-electron chi connectivity index (χ1n) is 10.6. The van der Waals surface area contributed by atoms with Gasteiger partial charge in [-0.1, -0.05) is 49.4 Å². The number of hydrogen-bond acceptors (Lipinski definition) is 5. The second-order valence-corrected chi connectivity index (χ2v) is 8.44. The second-order valence-electron chi connectivity index (χ2n) is 7.26. The lowest BCUT2D eigenvalue weighted by Crippen LogP contribution is -2.20. The van der Waals surface area contributed by atoms with Crippen LogP contribution < -0.4 is 10.6 Å². The molecular formula is C26H26N2O4S. The maximum atomic E-state index is 13.3. The fourth-order valence-electron chi connectivity index (χ4n) is 3.18. The lowest BCUT2D eigenvalue weighted by molar-refractivity contribution is -0.116. The topological polar surface area (TPSA) is 84.5 Å². The van der Waals surface area contributed by atoms with Crippen LogP contribution >= 0.6 is 11.8 Å². The van der Waals surface area contributed by atoms with Gasteiger partial charge >= 0.3 is 5.97 Å². The van der Waals surface area contributed by atoms with Gasteiger partial charge in [0.15, 0.2) is 0 Å². The van der Waals surface area contributed by atoms with Crippen molar-refractivity contribution in [2.45, 2.75) is 29.9 Å². The summed E-state index contributed by atoms with van der Waals surface area (Å²) in [6.45, 7) is 1.96. The Hall–Kier alpha value is -3.58. The summed E-state index contributed by atoms with van der Waals surface area (Å²) in [4.78, 5) is 38.1. The van der Waals surface area contributed by atoms with Gasteiger partial charge in [-0.15, -0.1) is 11.8 Å². The summed E-state index contributed by atoms with van der Waals surface area (Å²) >= 11 is 1.39. The van der Waals surface area contributed by atoms with Crippen LogP contribution in [0, 0.1) is 0 Å². The summed E-state index contributed by atoms with van der Waals surface area (Å²) in [6.07, 6.45) is 1.26. The lowest BCUT2D eigenvalue weighted by Gasteiger charge is -2.18. The van der Waals surface area contributed by atoms with Crippen LogP contribution in [-0.2, 0) is 14.3 Å². The molecule has 0 aliphatic heterocycles. The molecule has 0 aliphatic rings. The highest BCUT2D eigenvalue weighted by molar-refractivity contribution is 8.00. The largest absolute Gasteiger partial charge is 0.465 e. The highest BCUT2D eigenvalue weighted by Gasteiger charge is 2.24. The van der Waals surface area contributed by atoms with Gasteiger partial charge in [0.25, 0.3) is 0 Å². The molecule has 6 nitrogen and oxygen atoms in total. The van der Waals surface area contributed by atoms with Crippen molar-refractivity contribution in [3.05, 3.63) is 90.0 Å². The second kappa shape index (κ2) is 11.9. The van der Waals surface area contributed by atoms with E-state index in [0.29, 0.717) is 17.8 Å². The van der Waals surface area contributed by atoms with E-state index < -0.39 is 11.2 Å². The number of esters is 1. The molecule has 1 atom stereocenters. The summed E-state index contributed by atoms with van der Waals surface area (Å²) in [5.41, 5.74) is 2.23. The van der Waals surface area contributed by atoms with E-state index in [9.17, 15) is 14.4 Å². The third-order valence-electron chi connectivity index (χ3n) is 4.80. The Labute approximate surface area is 197 Å². The molecule has 2 N–H and O–H groups in total. The SMILES string of the molecule is CCCC(=O)Nc1ccc(SC(C(=O)Nc2ccccc2C(=O)OC)c2ccccc2)cc1. The molecule has 0 aromatic heterocycles. The Morgan fingerprint density at radius 1 is 0.879 bits per heavy atom. The van der Waals surface area contributed by atoms with Crippen LogP contribution in [0.2, 0.25) is 0 Å². The van der Waals surface area contributed by atoms with Crippen molar-refractivity contribution < 1.29 is 19.1 Å². The van der Waals surface area contributed by atoms with Crippen molar-refractivity contribution >= 4 is 40.9 Å². The Morgan fingerprint density at radius 3 is 2.21 bits per heavy atom. The molecule has 3 aromatic rings. The van der Waals surface area contributed by atoms with E-state index in [0.717, 1.165) is 16.9 Å². The van der Waals surface area contributed by atoms with Gasteiger partial charge in [-0.05, 0) is 48.4 Å². The average molecular weight is 463 g/mol. The van der Waals surface area contributed by atoms with Gasteiger partial charge in [0.1, 0.15) is 5.25 Å². The number of anilines is 2. The first-order valence-corrected chi connectivity index (χ1v) is 11.5. The number of carbonyl (C=O) groups is 3. The van der Waals surface area contributed by atoms with Crippen molar-refractivity contribution in [1.29, 1.82) is 0 Å². The number of para-hydroxylation sites is 1. The van der Waals surface area contributed by atoms with Gasteiger partial charge in [0.05, 0.1) is 18.4 Å². The first-order chi connectivity index (χ1) is 16.0. The van der Waals surface area contributed by atoms with Crippen molar-refractivity contribution in [3.8, 4) is 0 Å². The Bertz CT molecular complexity index is 1100. The fraction of sp³-hybridized carbons (Fsp3) is 0.192. The van der Waals surface area contributed by atoms with Gasteiger partial charge in [-0.25, -0.2) is 4.79 Å². The fourth-order valence-corrected chi connectivity index (χ4v) is 4.21. The molecule has 170 valence electrons. The van der Waals surface area contributed by atoms with Crippen LogP contribution in [0.3, 0.4) is 0 Å². The molecule has 0 spiro atoms. The minimum absolute atomic E-state index is 0.0243. The van der Waals surface area contributed by atoms with E-state index in [1.165, 1.54) is 18.9 Å². The van der Waals surface area contributed by atoms with Crippen LogP contribution in [0.25, 0.3) is 0 Å². The quantitative estimate of drug-likeness (QED) is 0.315. The number of methoxy groups -OCH3 is 1. The van der Waals surface area contributed by atoms with Crippen LogP contribution in [0.4, 0.5) is 11.4 Å². The van der Waals surface area contributed by atoms with Crippen molar-refractivity contribution in [2.75, 3.05) is 17.7 Å². The number of thioether (sulfide) groups is 1. The molecule has 33 heavy (non-hydrogen) atoms. The zero-order valence-corrected chi connectivity index (χ0v) is 19.4. The molecule has 7 heteroatoms. The number of benzene rings is 3. The molecule has 0 aliphatic carbocycles. The van der Waals surface area contributed by atoms with Gasteiger partial charge in [0, 0.05) is 17.0 Å². The molecule has 0 bridgehead atoms. The van der Waals surface area contributed by atoms with Gasteiger partial charge in [0.2, 0.25) is 11.8 Å². The Kier molecular flexibility index (Phi) is 8.66. The molecule has 0 saturated carbocycles. The first kappa shape index (κ1) is 24.1. The van der Waals surface area contributed by atoms with Crippen LogP contribution in [0.1, 0.15) is 40.9 Å². The van der Waals surface area contributed by atoms with Crippen LogP contribution in [0.5, 0.6) is 0 Å². The van der Waals surface area contributed by atoms with E-state index in [1.54, 1.807) is 24.3 Å². The number of ether oxygens (including phenoxy) is 1. The molecular weight excluding hydrogens is 436 g/mol. The Balaban J connectivity index is 1.81. The lowest BCUT2D eigenvalue weighted by atomic mass is 10.1. The normalized spacial score (nSPS) is 11.3. The van der Waals surface area contributed by atoms with Gasteiger partial charge in [-0.3, -0.25) is 9.59 Å². The van der Waals surface area contributed by atoms with Crippen molar-refractivity contribution in [2.24, 2.45) is 0 Å². The number of carbonyl (C=O) groups excluding carboxylic acids is 3. The predicted octanol–water partition coefficient (Wildman–Crippen LogP) is 5.68. The van der Waals surface area contributed by atoms with Crippen LogP contribution in [0.15, 0.2) is 83.8 Å². The van der Waals surface area contributed by atoms with Crippen molar-refractivity contribution in [1.82, 2.24) is 0 Å². The molecule has 1 unspecified atom stereocenters. The maximum Gasteiger partial charge on any atom is 0.339 e. The van der Waals surface area contributed by atoms with E-state index in [2.05, 4.69) is 10.6 Å². The molecule has 2 amide bonds. The summed E-state index contributed by atoms with van der Waals surface area (Å²) in [5.74, 6) is -0.804. The van der Waals surface area contributed by atoms with E-state index in [1.807, 2.05) is 61.5 Å². The molecule has 3 aromatic carbocycles. The number of hydrogen-bond donors (Lipinski definition) is 2. The van der Waals surface area contributed by atoms with E-state index in [-0.39, 0.29) is 17.4 Å². The zero-order chi connectivity index (χ0) is 23.6. The minimum Gasteiger partial charge on any atom is -0.465 e. The molecule has 0 radical (unpaired) electrons. The monoisotopic (exact) mass is 462 g/mol. The zero-order valence-electron chi connectivity index (χ0n) is 18.5. The summed E-state index contributed by atoms with van der Waals surface area (Å²) in [6, 6.07) is 23.6. The minimum atomic E-state index is -0.558. The number of rotatable bonds is 9. The maximum absolute atomic E-state index is 13.3. The van der Waals surface area contributed by atoms with Gasteiger partial charge in [-0.2, -0.15) is 0 Å². The highest BCUT2D eigenvalue weighted by atomic mass is 32.2. The molecule has 0 fully saturated rings. The Morgan fingerprint density at radius 2 is 1.55 bits per heavy atom. The number of nitrogens with one attached hydrogen (secondary N) is 2. The van der Waals surface area contributed by atoms with Crippen LogP contribution in [-0.4, -0.2) is 24.9 Å². The van der Waals surface area contributed by atoms with Crippen molar-refractivity contribution in [3.63, 3.8) is 0 Å². The average Bonchev–Trinajstić information content (AvgIpc) is 2.84.